The topological polar surface area (TPSA) is 124 Å². The van der Waals surface area contributed by atoms with Crippen LogP contribution in [0.25, 0.3) is 10.2 Å². The van der Waals surface area contributed by atoms with E-state index in [1.807, 2.05) is 24.3 Å². The average Bonchev–Trinajstić information content (AvgIpc) is 3.25. The summed E-state index contributed by atoms with van der Waals surface area (Å²) < 4.78 is 32.7. The summed E-state index contributed by atoms with van der Waals surface area (Å²) in [5.74, 6) is -1.66. The zero-order valence-corrected chi connectivity index (χ0v) is 22.6. The van der Waals surface area contributed by atoms with E-state index in [1.165, 1.54) is 29.8 Å². The number of fused-ring (bicyclic) bond motifs is 2. The number of terminal acetylenes is 1. The molecule has 1 N–H and O–H groups in total. The maximum atomic E-state index is 12.7. The van der Waals surface area contributed by atoms with Gasteiger partial charge in [0.25, 0.3) is 5.91 Å². The Morgan fingerprint density at radius 1 is 1.14 bits per heavy atom. The monoisotopic (exact) mass is 559 g/mol. The lowest BCUT2D eigenvalue weighted by Crippen LogP contribution is -2.28. The number of ether oxygens (including phenoxy) is 1. The normalized spacial score (nSPS) is 14.0. The quantitative estimate of drug-likeness (QED) is 0.270. The molecule has 0 spiro atoms. The molecular formula is C25H25N3O6S3. The zero-order valence-electron chi connectivity index (χ0n) is 20.1. The molecule has 0 atom stereocenters. The highest BCUT2D eigenvalue weighted by Gasteiger charge is 2.28. The van der Waals surface area contributed by atoms with Crippen LogP contribution in [0.5, 0.6) is 0 Å². The number of thiazole rings is 1. The Morgan fingerprint density at radius 2 is 1.89 bits per heavy atom. The van der Waals surface area contributed by atoms with Crippen LogP contribution in [0.4, 0.5) is 5.00 Å². The third-order valence-electron chi connectivity index (χ3n) is 5.82. The van der Waals surface area contributed by atoms with E-state index >= 15 is 0 Å². The predicted octanol–water partition coefficient (Wildman–Crippen LogP) is 2.93. The number of aryl methyl sites for hydroxylation is 1. The highest BCUT2D eigenvalue weighted by Crippen LogP contribution is 2.38. The number of esters is 1. The first-order valence-corrected chi connectivity index (χ1v) is 15.0. The fourth-order valence-electron chi connectivity index (χ4n) is 4.24. The number of anilines is 1. The number of rotatable bonds is 7. The van der Waals surface area contributed by atoms with E-state index < -0.39 is 39.1 Å². The molecule has 1 aliphatic rings. The molecule has 2 amide bonds. The van der Waals surface area contributed by atoms with Crippen LogP contribution in [0, 0.1) is 12.3 Å². The molecule has 4 rings (SSSR count). The molecule has 0 radical (unpaired) electrons. The van der Waals surface area contributed by atoms with Crippen LogP contribution < -0.4 is 10.1 Å². The first-order chi connectivity index (χ1) is 17.7. The van der Waals surface area contributed by atoms with Crippen molar-refractivity contribution in [2.75, 3.05) is 23.9 Å². The van der Waals surface area contributed by atoms with Crippen molar-refractivity contribution in [1.29, 1.82) is 0 Å². The van der Waals surface area contributed by atoms with Gasteiger partial charge in [-0.3, -0.25) is 9.59 Å². The summed E-state index contributed by atoms with van der Waals surface area (Å²) in [7, 11) is -2.87. The second-order valence-electron chi connectivity index (χ2n) is 8.49. The summed E-state index contributed by atoms with van der Waals surface area (Å²) in [6.45, 7) is 0.165. The first-order valence-electron chi connectivity index (χ1n) is 11.5. The Hall–Kier alpha value is -3.27. The highest BCUT2D eigenvalue weighted by atomic mass is 32.2. The number of hydrogen-bond acceptors (Lipinski definition) is 8. The van der Waals surface area contributed by atoms with Gasteiger partial charge in [0.2, 0.25) is 5.91 Å². The molecular weight excluding hydrogens is 534 g/mol. The third-order valence-corrected chi connectivity index (χ3v) is 9.47. The van der Waals surface area contributed by atoms with Gasteiger partial charge < -0.3 is 14.6 Å². The number of sulfone groups is 1. The standard InChI is InChI=1S/C25H25N3O6S3/c1-3-13-28-17-10-7-8-12-19(17)36-25(28)27-21(30)15-37(32,33)14-20(29)26-23-22(24(31)34-2)16-9-5-4-6-11-18(16)35-23/h1,7-8,10,12H,4-6,9,11,13-15H2,2H3,(H,26,29). The van der Waals surface area contributed by atoms with Gasteiger partial charge >= 0.3 is 5.97 Å². The minimum atomic E-state index is -4.13. The molecule has 12 heteroatoms. The SMILES string of the molecule is C#CCn1c(=NC(=O)CS(=O)(=O)CC(=O)Nc2sc3c(c2C(=O)OC)CCCCC3)sc2ccccc21. The Bertz CT molecular complexity index is 1590. The number of benzene rings is 1. The van der Waals surface area contributed by atoms with E-state index in [0.29, 0.717) is 6.42 Å². The van der Waals surface area contributed by atoms with Crippen molar-refractivity contribution in [3.8, 4) is 12.3 Å². The Balaban J connectivity index is 1.50. The number of methoxy groups -OCH3 is 1. The number of nitrogens with zero attached hydrogens (tertiary/aromatic N) is 2. The van der Waals surface area contributed by atoms with Gasteiger partial charge in [-0.25, -0.2) is 13.2 Å². The number of thiophene rings is 1. The smallest absolute Gasteiger partial charge is 0.341 e. The van der Waals surface area contributed by atoms with Crippen LogP contribution in [0.1, 0.15) is 40.1 Å². The maximum Gasteiger partial charge on any atom is 0.341 e. The number of para-hydroxylation sites is 1. The van der Waals surface area contributed by atoms with Crippen LogP contribution in [0.15, 0.2) is 29.3 Å². The van der Waals surface area contributed by atoms with Crippen LogP contribution >= 0.6 is 22.7 Å². The van der Waals surface area contributed by atoms with Crippen molar-refractivity contribution in [2.45, 2.75) is 38.6 Å². The van der Waals surface area contributed by atoms with Gasteiger partial charge in [0, 0.05) is 4.88 Å². The van der Waals surface area contributed by atoms with Crippen LogP contribution in [-0.2, 0) is 43.5 Å². The summed E-state index contributed by atoms with van der Waals surface area (Å²) in [5, 5.41) is 2.83. The Kier molecular flexibility index (Phi) is 8.26. The van der Waals surface area contributed by atoms with Gasteiger partial charge in [-0.2, -0.15) is 4.99 Å². The highest BCUT2D eigenvalue weighted by molar-refractivity contribution is 7.92. The van der Waals surface area contributed by atoms with Crippen LogP contribution in [0.2, 0.25) is 0 Å². The second kappa shape index (κ2) is 11.4. The molecule has 0 unspecified atom stereocenters. The lowest BCUT2D eigenvalue weighted by molar-refractivity contribution is -0.115. The van der Waals surface area contributed by atoms with E-state index in [9.17, 15) is 22.8 Å². The van der Waals surface area contributed by atoms with Crippen molar-refractivity contribution in [2.24, 2.45) is 4.99 Å². The van der Waals surface area contributed by atoms with Crippen molar-refractivity contribution >= 4 is 65.5 Å². The van der Waals surface area contributed by atoms with Gasteiger partial charge in [-0.15, -0.1) is 17.8 Å². The summed E-state index contributed by atoms with van der Waals surface area (Å²) in [6.07, 6.45) is 9.86. The number of amides is 2. The van der Waals surface area contributed by atoms with Crippen molar-refractivity contribution in [3.05, 3.63) is 45.1 Å². The minimum absolute atomic E-state index is 0.165. The van der Waals surface area contributed by atoms with E-state index in [4.69, 9.17) is 11.2 Å². The molecule has 1 aliphatic carbocycles. The molecule has 0 aliphatic heterocycles. The molecule has 2 aromatic heterocycles. The molecule has 9 nitrogen and oxygen atoms in total. The van der Waals surface area contributed by atoms with Crippen molar-refractivity contribution in [1.82, 2.24) is 4.57 Å². The summed E-state index contributed by atoms with van der Waals surface area (Å²) >= 11 is 2.48. The van der Waals surface area contributed by atoms with Crippen molar-refractivity contribution in [3.63, 3.8) is 0 Å². The fourth-order valence-corrected chi connectivity index (χ4v) is 7.59. The van der Waals surface area contributed by atoms with E-state index in [-0.39, 0.29) is 21.9 Å². The molecule has 0 saturated carbocycles. The van der Waals surface area contributed by atoms with Gasteiger partial charge in [0.15, 0.2) is 14.6 Å². The Morgan fingerprint density at radius 3 is 2.65 bits per heavy atom. The van der Waals surface area contributed by atoms with Gasteiger partial charge in [-0.05, 0) is 43.4 Å². The molecule has 3 aromatic rings. The largest absolute Gasteiger partial charge is 0.465 e. The molecule has 37 heavy (non-hydrogen) atoms. The van der Waals surface area contributed by atoms with E-state index in [0.717, 1.165) is 46.3 Å². The van der Waals surface area contributed by atoms with Gasteiger partial charge in [-0.1, -0.05) is 35.8 Å². The van der Waals surface area contributed by atoms with Crippen molar-refractivity contribution < 1.29 is 27.5 Å². The third kappa shape index (κ3) is 6.18. The molecule has 0 fully saturated rings. The number of hydrogen-bond donors (Lipinski definition) is 1. The van der Waals surface area contributed by atoms with E-state index in [1.54, 1.807) is 4.57 Å². The lowest BCUT2D eigenvalue weighted by atomic mass is 10.1. The summed E-state index contributed by atoms with van der Waals surface area (Å²) in [6, 6.07) is 7.35. The predicted molar refractivity (Wildman–Crippen MR) is 143 cm³/mol. The summed E-state index contributed by atoms with van der Waals surface area (Å²) in [4.78, 5) is 42.9. The lowest BCUT2D eigenvalue weighted by Gasteiger charge is -2.07. The van der Waals surface area contributed by atoms with Gasteiger partial charge in [0.1, 0.15) is 16.5 Å². The molecule has 0 saturated heterocycles. The average molecular weight is 560 g/mol. The van der Waals surface area contributed by atoms with E-state index in [2.05, 4.69) is 16.2 Å². The second-order valence-corrected chi connectivity index (χ2v) is 12.7. The number of nitrogens with one attached hydrogen (secondary N) is 1. The minimum Gasteiger partial charge on any atom is -0.465 e. The fraction of sp³-hybridized carbons (Fsp3) is 0.360. The van der Waals surface area contributed by atoms with Gasteiger partial charge in [0.05, 0.1) is 29.4 Å². The molecule has 1 aromatic carbocycles. The van der Waals surface area contributed by atoms with Crippen LogP contribution in [0.3, 0.4) is 0 Å². The number of aromatic nitrogens is 1. The molecule has 194 valence electrons. The first kappa shape index (κ1) is 26.8. The molecule has 2 heterocycles. The number of carbonyl (C=O) groups is 3. The van der Waals surface area contributed by atoms with Crippen LogP contribution in [-0.4, -0.2) is 49.4 Å². The number of carbonyl (C=O) groups excluding carboxylic acids is 3. The summed E-state index contributed by atoms with van der Waals surface area (Å²) in [5.41, 5.74) is 1.92. The zero-order chi connectivity index (χ0) is 26.6. The maximum absolute atomic E-state index is 12.7. The Labute approximate surface area is 222 Å². The molecule has 0 bridgehead atoms.